The Balaban J connectivity index is 1.62. The van der Waals surface area contributed by atoms with Gasteiger partial charge in [-0.25, -0.2) is 0 Å². The molecule has 3 rings (SSSR count). The summed E-state index contributed by atoms with van der Waals surface area (Å²) in [5, 5.41) is 6.06. The molecule has 0 fully saturated rings. The van der Waals surface area contributed by atoms with Crippen molar-refractivity contribution in [3.8, 4) is 0 Å². The molecule has 0 aromatic heterocycles. The number of hydrogen-bond donors (Lipinski definition) is 1. The van der Waals surface area contributed by atoms with Crippen LogP contribution < -0.4 is 5.32 Å². The molecule has 4 heteroatoms. The topological polar surface area (TPSA) is 29.1 Å². The summed E-state index contributed by atoms with van der Waals surface area (Å²) in [5.74, 6) is 0.0654. The van der Waals surface area contributed by atoms with Crippen LogP contribution >= 0.6 is 23.4 Å². The van der Waals surface area contributed by atoms with Crippen molar-refractivity contribution in [2.75, 3.05) is 0 Å². The van der Waals surface area contributed by atoms with Crippen LogP contribution in [-0.4, -0.2) is 11.2 Å². The van der Waals surface area contributed by atoms with Gasteiger partial charge in [0.15, 0.2) is 0 Å². The number of thioether (sulfide) groups is 1. The summed E-state index contributed by atoms with van der Waals surface area (Å²) < 4.78 is 0. The summed E-state index contributed by atoms with van der Waals surface area (Å²) in [6.45, 7) is 2.57. The summed E-state index contributed by atoms with van der Waals surface area (Å²) in [5.41, 5.74) is 1.11. The predicted molar refractivity (Wildman–Crippen MR) is 107 cm³/mol. The summed E-state index contributed by atoms with van der Waals surface area (Å²) in [6.07, 6.45) is 0.775. The number of hydrogen-bond acceptors (Lipinski definition) is 2. The molecule has 0 aliphatic heterocycles. The molecule has 25 heavy (non-hydrogen) atoms. The third kappa shape index (κ3) is 4.77. The average Bonchev–Trinajstić information content (AvgIpc) is 2.65. The van der Waals surface area contributed by atoms with Crippen LogP contribution in [0.15, 0.2) is 71.6 Å². The van der Waals surface area contributed by atoms with Crippen LogP contribution in [0.2, 0.25) is 5.02 Å². The monoisotopic (exact) mass is 369 g/mol. The van der Waals surface area contributed by atoms with Crippen LogP contribution in [-0.2, 0) is 11.3 Å². The molecule has 1 N–H and O–H groups in total. The smallest absolute Gasteiger partial charge is 0.233 e. The average molecular weight is 370 g/mol. The van der Waals surface area contributed by atoms with E-state index in [1.54, 1.807) is 11.8 Å². The van der Waals surface area contributed by atoms with Gasteiger partial charge in [0.1, 0.15) is 0 Å². The van der Waals surface area contributed by atoms with E-state index in [4.69, 9.17) is 11.6 Å². The van der Waals surface area contributed by atoms with Crippen molar-refractivity contribution in [2.45, 2.75) is 30.0 Å². The number of benzene rings is 3. The Morgan fingerprint density at radius 1 is 1.04 bits per heavy atom. The van der Waals surface area contributed by atoms with E-state index in [0.29, 0.717) is 11.6 Å². The highest BCUT2D eigenvalue weighted by Crippen LogP contribution is 2.27. The maximum Gasteiger partial charge on any atom is 0.233 e. The second kappa shape index (κ2) is 8.41. The molecule has 0 aliphatic rings. The van der Waals surface area contributed by atoms with Crippen molar-refractivity contribution in [2.24, 2.45) is 0 Å². The first kappa shape index (κ1) is 17.8. The lowest BCUT2D eigenvalue weighted by Crippen LogP contribution is -2.31. The van der Waals surface area contributed by atoms with Gasteiger partial charge < -0.3 is 5.32 Å². The van der Waals surface area contributed by atoms with Gasteiger partial charge in [0.05, 0.1) is 5.25 Å². The van der Waals surface area contributed by atoms with Crippen molar-refractivity contribution in [3.63, 3.8) is 0 Å². The Hall–Kier alpha value is -1.97. The molecular formula is C21H20ClNOS. The van der Waals surface area contributed by atoms with Crippen molar-refractivity contribution in [1.29, 1.82) is 0 Å². The second-order valence-corrected chi connectivity index (χ2v) is 7.58. The number of amides is 1. The minimum absolute atomic E-state index is 0.0654. The molecule has 0 radical (unpaired) electrons. The lowest BCUT2D eigenvalue weighted by Gasteiger charge is -2.15. The molecule has 128 valence electrons. The fourth-order valence-corrected chi connectivity index (χ4v) is 3.76. The Bertz CT molecular complexity index is 863. The second-order valence-electron chi connectivity index (χ2n) is 5.87. The highest BCUT2D eigenvalue weighted by molar-refractivity contribution is 8.00. The zero-order valence-electron chi connectivity index (χ0n) is 14.0. The quantitative estimate of drug-likeness (QED) is 0.566. The van der Waals surface area contributed by atoms with E-state index in [-0.39, 0.29) is 11.2 Å². The van der Waals surface area contributed by atoms with Gasteiger partial charge in [0.2, 0.25) is 5.91 Å². The van der Waals surface area contributed by atoms with Gasteiger partial charge >= 0.3 is 0 Å². The van der Waals surface area contributed by atoms with Gasteiger partial charge in [-0.1, -0.05) is 54.9 Å². The van der Waals surface area contributed by atoms with Crippen molar-refractivity contribution >= 4 is 40.0 Å². The first-order valence-corrected chi connectivity index (χ1v) is 9.59. The maximum atomic E-state index is 12.5. The molecule has 0 spiro atoms. The molecule has 0 saturated heterocycles. The van der Waals surface area contributed by atoms with Crippen LogP contribution in [0, 0.1) is 0 Å². The normalized spacial score (nSPS) is 12.1. The zero-order valence-corrected chi connectivity index (χ0v) is 15.6. The summed E-state index contributed by atoms with van der Waals surface area (Å²) in [4.78, 5) is 13.6. The van der Waals surface area contributed by atoms with E-state index in [0.717, 1.165) is 16.9 Å². The standard InChI is InChI=1S/C21H20ClNOS/c1-2-20(25-19-11-9-18(22)10-12-19)21(24)23-14-15-7-8-16-5-3-4-6-17(16)13-15/h3-13,20H,2,14H2,1H3,(H,23,24)/t20-/m0/s1. The number of carbonyl (C=O) groups is 1. The van der Waals surface area contributed by atoms with Crippen molar-refractivity contribution < 1.29 is 4.79 Å². The third-order valence-corrected chi connectivity index (χ3v) is 5.66. The Morgan fingerprint density at radius 3 is 2.48 bits per heavy atom. The SMILES string of the molecule is CC[C@H](Sc1ccc(Cl)cc1)C(=O)NCc1ccc2ccccc2c1. The summed E-state index contributed by atoms with van der Waals surface area (Å²) in [6, 6.07) is 22.1. The number of nitrogens with one attached hydrogen (secondary N) is 1. The number of fused-ring (bicyclic) bond motifs is 1. The molecule has 0 bridgehead atoms. The van der Waals surface area contributed by atoms with Crippen LogP contribution in [0.4, 0.5) is 0 Å². The molecule has 1 atom stereocenters. The van der Waals surface area contributed by atoms with Crippen LogP contribution in [0.3, 0.4) is 0 Å². The third-order valence-electron chi connectivity index (χ3n) is 4.04. The van der Waals surface area contributed by atoms with Gasteiger partial charge in [0, 0.05) is 16.5 Å². The molecule has 3 aromatic rings. The minimum Gasteiger partial charge on any atom is -0.351 e. The number of halogens is 1. The van der Waals surface area contributed by atoms with Gasteiger partial charge in [-0.05, 0) is 53.1 Å². The fourth-order valence-electron chi connectivity index (χ4n) is 2.65. The highest BCUT2D eigenvalue weighted by atomic mass is 35.5. The van der Waals surface area contributed by atoms with Gasteiger partial charge in [-0.2, -0.15) is 0 Å². The first-order valence-electron chi connectivity index (χ1n) is 8.33. The Labute approximate surface area is 157 Å². The zero-order chi connectivity index (χ0) is 17.6. The van der Waals surface area contributed by atoms with E-state index in [1.807, 2.05) is 43.3 Å². The van der Waals surface area contributed by atoms with Crippen molar-refractivity contribution in [1.82, 2.24) is 5.32 Å². The fraction of sp³-hybridized carbons (Fsp3) is 0.190. The highest BCUT2D eigenvalue weighted by Gasteiger charge is 2.17. The maximum absolute atomic E-state index is 12.5. The van der Waals surface area contributed by atoms with Gasteiger partial charge in [-0.3, -0.25) is 4.79 Å². The molecule has 0 heterocycles. The van der Waals surface area contributed by atoms with E-state index in [1.165, 1.54) is 10.8 Å². The molecule has 1 amide bonds. The van der Waals surface area contributed by atoms with Crippen LogP contribution in [0.1, 0.15) is 18.9 Å². The van der Waals surface area contributed by atoms with Crippen LogP contribution in [0.5, 0.6) is 0 Å². The summed E-state index contributed by atoms with van der Waals surface area (Å²) in [7, 11) is 0. The van der Waals surface area contributed by atoms with Crippen LogP contribution in [0.25, 0.3) is 10.8 Å². The molecule has 0 aliphatic carbocycles. The lowest BCUT2D eigenvalue weighted by atomic mass is 10.1. The molecule has 3 aromatic carbocycles. The predicted octanol–water partition coefficient (Wildman–Crippen LogP) is 5.68. The molecule has 0 saturated carbocycles. The minimum atomic E-state index is -0.110. The Kier molecular flexibility index (Phi) is 6.00. The van der Waals surface area contributed by atoms with E-state index in [2.05, 4.69) is 35.6 Å². The van der Waals surface area contributed by atoms with E-state index < -0.39 is 0 Å². The first-order chi connectivity index (χ1) is 12.2. The molecule has 0 unspecified atom stereocenters. The van der Waals surface area contributed by atoms with Crippen molar-refractivity contribution in [3.05, 3.63) is 77.3 Å². The van der Waals surface area contributed by atoms with E-state index in [9.17, 15) is 4.79 Å². The summed E-state index contributed by atoms with van der Waals surface area (Å²) >= 11 is 7.49. The number of rotatable bonds is 6. The number of carbonyl (C=O) groups excluding carboxylic acids is 1. The van der Waals surface area contributed by atoms with E-state index >= 15 is 0 Å². The lowest BCUT2D eigenvalue weighted by molar-refractivity contribution is -0.120. The van der Waals surface area contributed by atoms with Gasteiger partial charge in [-0.15, -0.1) is 11.8 Å². The van der Waals surface area contributed by atoms with Gasteiger partial charge in [0.25, 0.3) is 0 Å². The largest absolute Gasteiger partial charge is 0.351 e. The Morgan fingerprint density at radius 2 is 1.76 bits per heavy atom. The molecule has 2 nitrogen and oxygen atoms in total. The molecular weight excluding hydrogens is 350 g/mol.